The molecule has 0 saturated heterocycles. The van der Waals surface area contributed by atoms with Gasteiger partial charge in [-0.15, -0.1) is 0 Å². The maximum atomic E-state index is 13.4. The first-order chi connectivity index (χ1) is 21.2. The van der Waals surface area contributed by atoms with E-state index in [0.717, 1.165) is 18.4 Å². The van der Waals surface area contributed by atoms with Gasteiger partial charge >= 0.3 is 17.9 Å². The quantitative estimate of drug-likeness (QED) is 0.0689. The van der Waals surface area contributed by atoms with E-state index in [2.05, 4.69) is 20.1 Å². The first-order valence-electron chi connectivity index (χ1n) is 14.6. The van der Waals surface area contributed by atoms with Crippen molar-refractivity contribution in [3.05, 3.63) is 102 Å². The summed E-state index contributed by atoms with van der Waals surface area (Å²) in [6.07, 6.45) is 6.96. The smallest absolute Gasteiger partial charge is 0.347 e. The van der Waals surface area contributed by atoms with E-state index in [4.69, 9.17) is 23.7 Å². The molecule has 0 radical (unpaired) electrons. The fraction of sp³-hybridized carbons (Fsp3) is 0.306. The summed E-state index contributed by atoms with van der Waals surface area (Å²) in [7, 11) is 2.90. The second kappa shape index (κ2) is 17.6. The van der Waals surface area contributed by atoms with E-state index in [1.54, 1.807) is 48.5 Å². The van der Waals surface area contributed by atoms with Crippen molar-refractivity contribution >= 4 is 17.9 Å². The van der Waals surface area contributed by atoms with E-state index in [0.29, 0.717) is 17.1 Å². The third kappa shape index (κ3) is 10.3. The molecule has 3 rings (SSSR count). The van der Waals surface area contributed by atoms with Gasteiger partial charge in [0.25, 0.3) is 0 Å². The topological polar surface area (TPSA) is 97.4 Å². The van der Waals surface area contributed by atoms with Crippen molar-refractivity contribution in [2.45, 2.75) is 45.4 Å². The van der Waals surface area contributed by atoms with Crippen LogP contribution in [0.3, 0.4) is 0 Å². The predicted molar refractivity (Wildman–Crippen MR) is 169 cm³/mol. The summed E-state index contributed by atoms with van der Waals surface area (Å²) >= 11 is 0. The van der Waals surface area contributed by atoms with E-state index in [-0.39, 0.29) is 35.7 Å². The van der Waals surface area contributed by atoms with Crippen LogP contribution < -0.4 is 14.2 Å². The van der Waals surface area contributed by atoms with Crippen molar-refractivity contribution < 1.29 is 38.1 Å². The zero-order valence-electron chi connectivity index (χ0n) is 25.7. The van der Waals surface area contributed by atoms with Crippen LogP contribution in [0.1, 0.15) is 54.9 Å². The van der Waals surface area contributed by atoms with Gasteiger partial charge in [-0.2, -0.15) is 0 Å². The fourth-order valence-corrected chi connectivity index (χ4v) is 4.31. The van der Waals surface area contributed by atoms with E-state index >= 15 is 0 Å². The molecule has 0 amide bonds. The monoisotopic (exact) mass is 600 g/mol. The minimum absolute atomic E-state index is 0.0165. The molecule has 0 aliphatic rings. The standard InChI is InChI=1S/C36H40O8/c1-6-7-8-9-10-11-27-12-17-30(18-13-27)43-36(39)32-22-29(16-21-33(32)44-35(38)26(3)24-41-5)28-14-19-31(20-15-28)42-34(37)25(2)23-40-4/h12-22H,2-3,6-11,23-24H2,1,4-5H3. The summed E-state index contributed by atoms with van der Waals surface area (Å²) in [5.74, 6) is -1.29. The number of aryl methyl sites for hydroxylation is 1. The minimum Gasteiger partial charge on any atom is -0.423 e. The summed E-state index contributed by atoms with van der Waals surface area (Å²) in [6.45, 7) is 9.57. The van der Waals surface area contributed by atoms with Crippen LogP contribution in [0.15, 0.2) is 91.0 Å². The van der Waals surface area contributed by atoms with Gasteiger partial charge in [-0.1, -0.05) is 76.1 Å². The minimum atomic E-state index is -0.724. The Labute approximate surface area is 259 Å². The molecule has 0 heterocycles. The lowest BCUT2D eigenvalue weighted by Crippen LogP contribution is -2.17. The average molecular weight is 601 g/mol. The van der Waals surface area contributed by atoms with Gasteiger partial charge < -0.3 is 23.7 Å². The van der Waals surface area contributed by atoms with Crippen LogP contribution in [0.25, 0.3) is 11.1 Å². The van der Waals surface area contributed by atoms with Crippen molar-refractivity contribution in [1.29, 1.82) is 0 Å². The lowest BCUT2D eigenvalue weighted by molar-refractivity contribution is -0.131. The van der Waals surface area contributed by atoms with Crippen LogP contribution in [-0.4, -0.2) is 45.3 Å². The highest BCUT2D eigenvalue weighted by Crippen LogP contribution is 2.30. The normalized spacial score (nSPS) is 10.6. The SMILES string of the molecule is C=C(COC)C(=O)Oc1ccc(-c2ccc(OC(=O)C(=C)COC)c(C(=O)Oc3ccc(CCCCCCC)cc3)c2)cc1. The number of benzene rings is 3. The van der Waals surface area contributed by atoms with Gasteiger partial charge in [0.1, 0.15) is 22.8 Å². The molecular weight excluding hydrogens is 560 g/mol. The third-order valence-corrected chi connectivity index (χ3v) is 6.72. The number of ether oxygens (including phenoxy) is 5. The maximum absolute atomic E-state index is 13.4. The number of methoxy groups -OCH3 is 2. The molecule has 44 heavy (non-hydrogen) atoms. The molecule has 0 aromatic heterocycles. The van der Waals surface area contributed by atoms with E-state index < -0.39 is 17.9 Å². The van der Waals surface area contributed by atoms with Crippen molar-refractivity contribution in [2.24, 2.45) is 0 Å². The summed E-state index contributed by atoms with van der Waals surface area (Å²) in [5.41, 5.74) is 2.88. The van der Waals surface area contributed by atoms with Gasteiger partial charge in [0, 0.05) is 14.2 Å². The Hall–Kier alpha value is -4.53. The maximum Gasteiger partial charge on any atom is 0.347 e. The molecule has 0 unspecified atom stereocenters. The first-order valence-corrected chi connectivity index (χ1v) is 14.6. The molecule has 232 valence electrons. The Balaban J connectivity index is 1.80. The molecular formula is C36H40O8. The molecule has 0 bridgehead atoms. The lowest BCUT2D eigenvalue weighted by Gasteiger charge is -2.13. The predicted octanol–water partition coefficient (Wildman–Crippen LogP) is 7.30. The van der Waals surface area contributed by atoms with E-state index in [1.165, 1.54) is 51.5 Å². The first kappa shape index (κ1) is 34.0. The van der Waals surface area contributed by atoms with Gasteiger partial charge in [-0.3, -0.25) is 0 Å². The average Bonchev–Trinajstić information content (AvgIpc) is 3.02. The third-order valence-electron chi connectivity index (χ3n) is 6.72. The molecule has 0 spiro atoms. The number of rotatable bonds is 17. The summed E-state index contributed by atoms with van der Waals surface area (Å²) in [4.78, 5) is 38.1. The summed E-state index contributed by atoms with van der Waals surface area (Å²) in [6, 6.07) is 18.9. The van der Waals surface area contributed by atoms with Gasteiger partial charge in [0.2, 0.25) is 0 Å². The Kier molecular flexibility index (Phi) is 13.6. The zero-order chi connectivity index (χ0) is 31.9. The molecule has 0 fully saturated rings. The van der Waals surface area contributed by atoms with Gasteiger partial charge in [0.15, 0.2) is 0 Å². The molecule has 3 aromatic rings. The fourth-order valence-electron chi connectivity index (χ4n) is 4.31. The van der Waals surface area contributed by atoms with Crippen LogP contribution in [0.5, 0.6) is 17.2 Å². The van der Waals surface area contributed by atoms with Gasteiger partial charge in [0.05, 0.1) is 24.4 Å². The van der Waals surface area contributed by atoms with E-state index in [9.17, 15) is 14.4 Å². The molecule has 8 nitrogen and oxygen atoms in total. The molecule has 0 aliphatic carbocycles. The van der Waals surface area contributed by atoms with Crippen LogP contribution in [-0.2, 0) is 25.5 Å². The highest BCUT2D eigenvalue weighted by Gasteiger charge is 2.20. The number of carbonyl (C=O) groups excluding carboxylic acids is 3. The van der Waals surface area contributed by atoms with Crippen LogP contribution in [0.4, 0.5) is 0 Å². The number of carbonyl (C=O) groups is 3. The highest BCUT2D eigenvalue weighted by molar-refractivity contribution is 5.98. The van der Waals surface area contributed by atoms with Crippen molar-refractivity contribution in [2.75, 3.05) is 27.4 Å². The second-order valence-electron chi connectivity index (χ2n) is 10.3. The Morgan fingerprint density at radius 3 is 1.80 bits per heavy atom. The molecule has 0 N–H and O–H groups in total. The van der Waals surface area contributed by atoms with E-state index in [1.807, 2.05) is 12.1 Å². The van der Waals surface area contributed by atoms with Crippen molar-refractivity contribution in [1.82, 2.24) is 0 Å². The van der Waals surface area contributed by atoms with Crippen LogP contribution in [0, 0.1) is 0 Å². The number of esters is 3. The van der Waals surface area contributed by atoms with Crippen molar-refractivity contribution in [3.63, 3.8) is 0 Å². The number of unbranched alkanes of at least 4 members (excludes halogenated alkanes) is 4. The largest absolute Gasteiger partial charge is 0.423 e. The molecule has 3 aromatic carbocycles. The second-order valence-corrected chi connectivity index (χ2v) is 10.3. The Morgan fingerprint density at radius 2 is 1.18 bits per heavy atom. The lowest BCUT2D eigenvalue weighted by atomic mass is 10.0. The summed E-state index contributed by atoms with van der Waals surface area (Å²) < 4.78 is 26.4. The highest BCUT2D eigenvalue weighted by atomic mass is 16.6. The van der Waals surface area contributed by atoms with Gasteiger partial charge in [-0.25, -0.2) is 14.4 Å². The summed E-state index contributed by atoms with van der Waals surface area (Å²) in [5, 5.41) is 0. The molecule has 0 saturated carbocycles. The van der Waals surface area contributed by atoms with Crippen LogP contribution in [0.2, 0.25) is 0 Å². The number of hydrogen-bond donors (Lipinski definition) is 0. The van der Waals surface area contributed by atoms with Gasteiger partial charge in [-0.05, 0) is 65.9 Å². The molecule has 0 aliphatic heterocycles. The Morgan fingerprint density at radius 1 is 0.636 bits per heavy atom. The Bertz CT molecular complexity index is 1440. The van der Waals surface area contributed by atoms with Crippen molar-refractivity contribution in [3.8, 4) is 28.4 Å². The van der Waals surface area contributed by atoms with Crippen LogP contribution >= 0.6 is 0 Å². The molecule has 8 heteroatoms. The zero-order valence-corrected chi connectivity index (χ0v) is 25.7. The number of hydrogen-bond acceptors (Lipinski definition) is 8. The molecule has 0 atom stereocenters.